The van der Waals surface area contributed by atoms with Gasteiger partial charge in [0.2, 0.25) is 0 Å². The molecule has 0 radical (unpaired) electrons. The number of hydrogen-bond donors (Lipinski definition) is 0. The second-order valence-corrected chi connectivity index (χ2v) is 6.05. The number of aldehydes is 1. The van der Waals surface area contributed by atoms with Crippen LogP contribution in [0, 0.1) is 5.92 Å². The van der Waals surface area contributed by atoms with E-state index >= 15 is 0 Å². The number of benzene rings is 2. The zero-order valence-electron chi connectivity index (χ0n) is 15.3. The molecule has 4 nitrogen and oxygen atoms in total. The van der Waals surface area contributed by atoms with Crippen molar-refractivity contribution in [2.75, 3.05) is 13.7 Å². The summed E-state index contributed by atoms with van der Waals surface area (Å²) in [6, 6.07) is 17.7. The molecule has 0 unspecified atom stereocenters. The van der Waals surface area contributed by atoms with E-state index in [2.05, 4.69) is 0 Å². The minimum Gasteiger partial charge on any atom is -0.497 e. The van der Waals surface area contributed by atoms with Crippen molar-refractivity contribution >= 4 is 6.29 Å². The lowest BCUT2D eigenvalue weighted by molar-refractivity contribution is -0.114. The van der Waals surface area contributed by atoms with Crippen LogP contribution in [-0.2, 0) is 27.5 Å². The maximum Gasteiger partial charge on any atom is 0.125 e. The molecule has 4 heteroatoms. The Morgan fingerprint density at radius 2 is 1.65 bits per heavy atom. The molecule has 26 heavy (non-hydrogen) atoms. The van der Waals surface area contributed by atoms with E-state index in [1.165, 1.54) is 0 Å². The van der Waals surface area contributed by atoms with Crippen molar-refractivity contribution in [3.05, 3.63) is 77.9 Å². The highest BCUT2D eigenvalue weighted by molar-refractivity contribution is 5.54. The molecular formula is C22H26O4. The summed E-state index contributed by atoms with van der Waals surface area (Å²) in [5.41, 5.74) is 2.16. The SMILES string of the molecule is COc1ccc(COC/C=C/[C@H](OCc2ccccc2)[C@@H](C)C=O)cc1. The average molecular weight is 354 g/mol. The fraction of sp³-hybridized carbons (Fsp3) is 0.318. The van der Waals surface area contributed by atoms with Crippen LogP contribution in [0.1, 0.15) is 18.1 Å². The van der Waals surface area contributed by atoms with Gasteiger partial charge < -0.3 is 19.0 Å². The smallest absolute Gasteiger partial charge is 0.125 e. The zero-order valence-corrected chi connectivity index (χ0v) is 15.3. The molecule has 2 atom stereocenters. The summed E-state index contributed by atoms with van der Waals surface area (Å²) in [7, 11) is 1.65. The van der Waals surface area contributed by atoms with Crippen LogP contribution < -0.4 is 4.74 Å². The largest absolute Gasteiger partial charge is 0.497 e. The number of carbonyl (C=O) groups is 1. The third-order valence-corrected chi connectivity index (χ3v) is 3.99. The van der Waals surface area contributed by atoms with Gasteiger partial charge in [0, 0.05) is 5.92 Å². The van der Waals surface area contributed by atoms with Crippen molar-refractivity contribution in [3.63, 3.8) is 0 Å². The Labute approximate surface area is 155 Å². The van der Waals surface area contributed by atoms with E-state index in [0.29, 0.717) is 19.8 Å². The third-order valence-electron chi connectivity index (χ3n) is 3.99. The van der Waals surface area contributed by atoms with Crippen LogP contribution in [0.4, 0.5) is 0 Å². The number of hydrogen-bond acceptors (Lipinski definition) is 4. The second kappa shape index (κ2) is 11.2. The van der Waals surface area contributed by atoms with E-state index in [-0.39, 0.29) is 12.0 Å². The van der Waals surface area contributed by atoms with Gasteiger partial charge in [-0.2, -0.15) is 0 Å². The summed E-state index contributed by atoms with van der Waals surface area (Å²) in [5.74, 6) is 0.617. The van der Waals surface area contributed by atoms with E-state index in [0.717, 1.165) is 23.2 Å². The van der Waals surface area contributed by atoms with E-state index in [1.807, 2.05) is 73.7 Å². The van der Waals surface area contributed by atoms with Gasteiger partial charge >= 0.3 is 0 Å². The molecule has 0 fully saturated rings. The van der Waals surface area contributed by atoms with Crippen LogP contribution in [0.15, 0.2) is 66.7 Å². The maximum absolute atomic E-state index is 11.1. The van der Waals surface area contributed by atoms with Gasteiger partial charge in [-0.3, -0.25) is 0 Å². The molecule has 0 aromatic heterocycles. The topological polar surface area (TPSA) is 44.8 Å². The van der Waals surface area contributed by atoms with Crippen LogP contribution in [-0.4, -0.2) is 26.1 Å². The van der Waals surface area contributed by atoms with Gasteiger partial charge in [0.25, 0.3) is 0 Å². The Bertz CT molecular complexity index is 664. The van der Waals surface area contributed by atoms with E-state index in [4.69, 9.17) is 14.2 Å². The first-order valence-corrected chi connectivity index (χ1v) is 8.71. The minimum atomic E-state index is -0.266. The quantitative estimate of drug-likeness (QED) is 0.345. The first-order chi connectivity index (χ1) is 12.7. The summed E-state index contributed by atoms with van der Waals surface area (Å²) in [4.78, 5) is 11.1. The monoisotopic (exact) mass is 354 g/mol. The van der Waals surface area contributed by atoms with Gasteiger partial charge in [0.15, 0.2) is 0 Å². The summed E-state index contributed by atoms with van der Waals surface area (Å²) < 4.78 is 16.7. The van der Waals surface area contributed by atoms with Crippen molar-refractivity contribution in [1.82, 2.24) is 0 Å². The van der Waals surface area contributed by atoms with Crippen LogP contribution in [0.5, 0.6) is 5.75 Å². The Kier molecular flexibility index (Phi) is 8.60. The standard InChI is InChI=1S/C22H26O4/c1-18(15-23)22(26-17-19-7-4-3-5-8-19)9-6-14-25-16-20-10-12-21(24-2)13-11-20/h3-13,15,18,22H,14,16-17H2,1-2H3/b9-6+/t18-,22-/m0/s1. The van der Waals surface area contributed by atoms with Gasteiger partial charge in [-0.15, -0.1) is 0 Å². The highest BCUT2D eigenvalue weighted by Gasteiger charge is 2.14. The normalized spacial score (nSPS) is 13.5. The molecule has 0 heterocycles. The number of carbonyl (C=O) groups excluding carboxylic acids is 1. The lowest BCUT2D eigenvalue weighted by Crippen LogP contribution is -2.20. The number of rotatable bonds is 11. The lowest BCUT2D eigenvalue weighted by atomic mass is 10.1. The molecule has 0 bridgehead atoms. The van der Waals surface area contributed by atoms with Gasteiger partial charge in [-0.05, 0) is 23.3 Å². The van der Waals surface area contributed by atoms with Gasteiger partial charge in [0.1, 0.15) is 12.0 Å². The minimum absolute atomic E-state index is 0.212. The average Bonchev–Trinajstić information content (AvgIpc) is 2.70. The second-order valence-electron chi connectivity index (χ2n) is 6.05. The fourth-order valence-electron chi connectivity index (χ4n) is 2.38. The van der Waals surface area contributed by atoms with Crippen LogP contribution in [0.25, 0.3) is 0 Å². The van der Waals surface area contributed by atoms with Crippen molar-refractivity contribution in [3.8, 4) is 5.75 Å². The molecule has 2 aromatic carbocycles. The highest BCUT2D eigenvalue weighted by atomic mass is 16.5. The van der Waals surface area contributed by atoms with E-state index < -0.39 is 0 Å². The predicted molar refractivity (Wildman–Crippen MR) is 102 cm³/mol. The zero-order chi connectivity index (χ0) is 18.6. The van der Waals surface area contributed by atoms with Gasteiger partial charge in [-0.1, -0.05) is 61.5 Å². The van der Waals surface area contributed by atoms with Crippen LogP contribution in [0.3, 0.4) is 0 Å². The lowest BCUT2D eigenvalue weighted by Gasteiger charge is -2.17. The van der Waals surface area contributed by atoms with Crippen molar-refractivity contribution in [2.45, 2.75) is 26.2 Å². The Balaban J connectivity index is 1.78. The molecule has 0 N–H and O–H groups in total. The highest BCUT2D eigenvalue weighted by Crippen LogP contribution is 2.13. The Morgan fingerprint density at radius 3 is 2.31 bits per heavy atom. The molecule has 0 amide bonds. The number of ether oxygens (including phenoxy) is 3. The molecule has 0 saturated heterocycles. The van der Waals surface area contributed by atoms with E-state index in [1.54, 1.807) is 7.11 Å². The van der Waals surface area contributed by atoms with Gasteiger partial charge in [-0.25, -0.2) is 0 Å². The van der Waals surface area contributed by atoms with Crippen molar-refractivity contribution < 1.29 is 19.0 Å². The summed E-state index contributed by atoms with van der Waals surface area (Å²) in [5, 5.41) is 0. The molecular weight excluding hydrogens is 328 g/mol. The first kappa shape index (κ1) is 19.9. The molecule has 2 aromatic rings. The predicted octanol–water partition coefficient (Wildman–Crippen LogP) is 4.19. The molecule has 138 valence electrons. The third kappa shape index (κ3) is 6.82. The van der Waals surface area contributed by atoms with E-state index in [9.17, 15) is 4.79 Å². The van der Waals surface area contributed by atoms with Crippen LogP contribution in [0.2, 0.25) is 0 Å². The summed E-state index contributed by atoms with van der Waals surface area (Å²) in [6.07, 6.45) is 4.45. The molecule has 0 aliphatic heterocycles. The molecule has 0 saturated carbocycles. The van der Waals surface area contributed by atoms with Crippen LogP contribution >= 0.6 is 0 Å². The summed E-state index contributed by atoms with van der Waals surface area (Å²) in [6.45, 7) is 3.31. The van der Waals surface area contributed by atoms with Gasteiger partial charge in [0.05, 0.1) is 33.0 Å². The Hall–Kier alpha value is -2.43. The molecule has 0 aliphatic rings. The molecule has 2 rings (SSSR count). The maximum atomic E-state index is 11.1. The number of methoxy groups -OCH3 is 1. The summed E-state index contributed by atoms with van der Waals surface area (Å²) >= 11 is 0. The first-order valence-electron chi connectivity index (χ1n) is 8.71. The molecule has 0 spiro atoms. The Morgan fingerprint density at radius 1 is 0.962 bits per heavy atom. The molecule has 0 aliphatic carbocycles. The van der Waals surface area contributed by atoms with Crippen molar-refractivity contribution in [2.24, 2.45) is 5.92 Å². The van der Waals surface area contributed by atoms with Crippen molar-refractivity contribution in [1.29, 1.82) is 0 Å². The fourth-order valence-corrected chi connectivity index (χ4v) is 2.38.